The van der Waals surface area contributed by atoms with Crippen molar-refractivity contribution >= 4 is 11.9 Å². The molecule has 2 rings (SSSR count). The maximum absolute atomic E-state index is 11.9. The molecular formula is C12H21N3O2. The number of amides is 3. The molecular weight excluding hydrogens is 218 g/mol. The lowest BCUT2D eigenvalue weighted by atomic mass is 10.0. The number of urea groups is 1. The second kappa shape index (κ2) is 5.38. The van der Waals surface area contributed by atoms with Crippen molar-refractivity contribution in [3.63, 3.8) is 0 Å². The number of hydrogen-bond donors (Lipinski definition) is 2. The quantitative estimate of drug-likeness (QED) is 0.745. The van der Waals surface area contributed by atoms with Crippen molar-refractivity contribution in [1.29, 1.82) is 0 Å². The summed E-state index contributed by atoms with van der Waals surface area (Å²) in [4.78, 5) is 24.8. The molecule has 2 aliphatic rings. The molecule has 2 fully saturated rings. The van der Waals surface area contributed by atoms with E-state index >= 15 is 0 Å². The number of nitrogens with zero attached hydrogens (tertiary/aromatic N) is 1. The van der Waals surface area contributed by atoms with Crippen molar-refractivity contribution < 1.29 is 9.59 Å². The second-order valence-electron chi connectivity index (χ2n) is 5.18. The predicted molar refractivity (Wildman–Crippen MR) is 64.5 cm³/mol. The van der Waals surface area contributed by atoms with Gasteiger partial charge in [0.05, 0.1) is 0 Å². The normalized spacial score (nSPS) is 29.0. The van der Waals surface area contributed by atoms with Gasteiger partial charge in [-0.1, -0.05) is 6.92 Å². The summed E-state index contributed by atoms with van der Waals surface area (Å²) in [5.74, 6) is 0.691. The van der Waals surface area contributed by atoms with Crippen molar-refractivity contribution in [3.8, 4) is 0 Å². The van der Waals surface area contributed by atoms with Crippen molar-refractivity contribution in [3.05, 3.63) is 0 Å². The number of carbonyl (C=O) groups excluding carboxylic acids is 2. The van der Waals surface area contributed by atoms with Crippen LogP contribution in [0, 0.1) is 5.92 Å². The minimum Gasteiger partial charge on any atom is -0.352 e. The fourth-order valence-electron chi connectivity index (χ4n) is 2.53. The van der Waals surface area contributed by atoms with Gasteiger partial charge in [0.15, 0.2) is 0 Å². The third-order valence-electron chi connectivity index (χ3n) is 3.53. The molecule has 0 bridgehead atoms. The van der Waals surface area contributed by atoms with E-state index in [-0.39, 0.29) is 18.0 Å². The first-order valence-electron chi connectivity index (χ1n) is 6.47. The van der Waals surface area contributed by atoms with Gasteiger partial charge in [-0.25, -0.2) is 4.79 Å². The third kappa shape index (κ3) is 3.35. The fraction of sp³-hybridized carbons (Fsp3) is 0.833. The molecule has 0 aliphatic carbocycles. The van der Waals surface area contributed by atoms with Crippen molar-refractivity contribution in [2.45, 2.75) is 38.6 Å². The molecule has 0 spiro atoms. The third-order valence-corrected chi connectivity index (χ3v) is 3.53. The minimum atomic E-state index is 0.0118. The smallest absolute Gasteiger partial charge is 0.317 e. The average Bonchev–Trinajstić information content (AvgIpc) is 2.72. The Kier molecular flexibility index (Phi) is 3.86. The van der Waals surface area contributed by atoms with E-state index in [1.54, 1.807) is 0 Å². The van der Waals surface area contributed by atoms with E-state index in [0.717, 1.165) is 25.9 Å². The molecule has 2 N–H and O–H groups in total. The summed E-state index contributed by atoms with van der Waals surface area (Å²) >= 11 is 0. The fourth-order valence-corrected chi connectivity index (χ4v) is 2.53. The van der Waals surface area contributed by atoms with Gasteiger partial charge in [0.1, 0.15) is 0 Å². The number of rotatable bonds is 2. The molecule has 2 unspecified atom stereocenters. The molecule has 2 aliphatic heterocycles. The summed E-state index contributed by atoms with van der Waals surface area (Å²) < 4.78 is 0. The van der Waals surface area contributed by atoms with E-state index in [1.165, 1.54) is 6.42 Å². The van der Waals surface area contributed by atoms with E-state index in [9.17, 15) is 9.59 Å². The van der Waals surface area contributed by atoms with E-state index < -0.39 is 0 Å². The Bertz CT molecular complexity index is 306. The summed E-state index contributed by atoms with van der Waals surface area (Å²) in [5.41, 5.74) is 0. The van der Waals surface area contributed by atoms with Gasteiger partial charge in [-0.05, 0) is 25.2 Å². The standard InChI is InChI=1S/C12H21N3O2/c1-9-3-2-6-15(8-9)12(17)13-7-10-4-5-11(16)14-10/h9-10H,2-8H2,1H3,(H,13,17)(H,14,16). The van der Waals surface area contributed by atoms with Crippen molar-refractivity contribution in [1.82, 2.24) is 15.5 Å². The Labute approximate surface area is 102 Å². The molecule has 0 aromatic rings. The first-order valence-corrected chi connectivity index (χ1v) is 6.47. The molecule has 0 aromatic heterocycles. The lowest BCUT2D eigenvalue weighted by Crippen LogP contribution is -2.48. The van der Waals surface area contributed by atoms with Gasteiger partial charge in [-0.2, -0.15) is 0 Å². The Balaban J connectivity index is 1.71. The van der Waals surface area contributed by atoms with E-state index in [2.05, 4.69) is 17.6 Å². The van der Waals surface area contributed by atoms with Crippen molar-refractivity contribution in [2.24, 2.45) is 5.92 Å². The van der Waals surface area contributed by atoms with Crippen LogP contribution in [0.5, 0.6) is 0 Å². The zero-order valence-electron chi connectivity index (χ0n) is 10.4. The molecule has 3 amide bonds. The molecule has 2 heterocycles. The monoisotopic (exact) mass is 239 g/mol. The van der Waals surface area contributed by atoms with E-state index in [4.69, 9.17) is 0 Å². The SMILES string of the molecule is CC1CCCN(C(=O)NCC2CCC(=O)N2)C1. The lowest BCUT2D eigenvalue weighted by Gasteiger charge is -2.31. The summed E-state index contributed by atoms with van der Waals surface area (Å²) in [5, 5.41) is 5.76. The van der Waals surface area contributed by atoms with Gasteiger partial charge < -0.3 is 15.5 Å². The second-order valence-corrected chi connectivity index (χ2v) is 5.18. The summed E-state index contributed by atoms with van der Waals surface area (Å²) in [7, 11) is 0. The molecule has 96 valence electrons. The number of likely N-dealkylation sites (tertiary alicyclic amines) is 1. The summed E-state index contributed by atoms with van der Waals surface area (Å²) in [6, 6.07) is 0.131. The van der Waals surface area contributed by atoms with Crippen LogP contribution in [-0.2, 0) is 4.79 Å². The summed E-state index contributed by atoms with van der Waals surface area (Å²) in [6.07, 6.45) is 3.72. The van der Waals surface area contributed by atoms with Crippen LogP contribution >= 0.6 is 0 Å². The van der Waals surface area contributed by atoms with Crippen LogP contribution in [0.1, 0.15) is 32.6 Å². The molecule has 5 heteroatoms. The Morgan fingerprint density at radius 3 is 3.00 bits per heavy atom. The average molecular weight is 239 g/mol. The highest BCUT2D eigenvalue weighted by molar-refractivity contribution is 5.79. The molecule has 17 heavy (non-hydrogen) atoms. The van der Waals surface area contributed by atoms with Gasteiger partial charge in [0.25, 0.3) is 0 Å². The highest BCUT2D eigenvalue weighted by Crippen LogP contribution is 2.15. The van der Waals surface area contributed by atoms with Crippen LogP contribution in [0.25, 0.3) is 0 Å². The predicted octanol–water partition coefficient (Wildman–Crippen LogP) is 0.706. The topological polar surface area (TPSA) is 61.4 Å². The highest BCUT2D eigenvalue weighted by atomic mass is 16.2. The van der Waals surface area contributed by atoms with E-state index in [0.29, 0.717) is 18.9 Å². The van der Waals surface area contributed by atoms with Gasteiger partial charge in [0.2, 0.25) is 5.91 Å². The zero-order chi connectivity index (χ0) is 12.3. The first kappa shape index (κ1) is 12.2. The number of piperidine rings is 1. The molecule has 0 radical (unpaired) electrons. The first-order chi connectivity index (χ1) is 8.15. The summed E-state index contributed by atoms with van der Waals surface area (Å²) in [6.45, 7) is 4.43. The van der Waals surface area contributed by atoms with Crippen LogP contribution in [0.3, 0.4) is 0 Å². The van der Waals surface area contributed by atoms with E-state index in [1.807, 2.05) is 4.90 Å². The molecule has 2 saturated heterocycles. The zero-order valence-corrected chi connectivity index (χ0v) is 10.4. The molecule has 0 aromatic carbocycles. The number of nitrogens with one attached hydrogen (secondary N) is 2. The maximum Gasteiger partial charge on any atom is 0.317 e. The Morgan fingerprint density at radius 1 is 1.53 bits per heavy atom. The Morgan fingerprint density at radius 2 is 2.35 bits per heavy atom. The highest BCUT2D eigenvalue weighted by Gasteiger charge is 2.24. The largest absolute Gasteiger partial charge is 0.352 e. The van der Waals surface area contributed by atoms with Gasteiger partial charge in [-0.15, -0.1) is 0 Å². The lowest BCUT2D eigenvalue weighted by molar-refractivity contribution is -0.119. The maximum atomic E-state index is 11.9. The van der Waals surface area contributed by atoms with Crippen LogP contribution in [0.4, 0.5) is 4.79 Å². The minimum absolute atomic E-state index is 0.0118. The Hall–Kier alpha value is -1.26. The van der Waals surface area contributed by atoms with Gasteiger partial charge in [-0.3, -0.25) is 4.79 Å². The molecule has 5 nitrogen and oxygen atoms in total. The van der Waals surface area contributed by atoms with Crippen LogP contribution in [0.15, 0.2) is 0 Å². The van der Waals surface area contributed by atoms with Gasteiger partial charge in [0, 0.05) is 32.1 Å². The van der Waals surface area contributed by atoms with Crippen LogP contribution < -0.4 is 10.6 Å². The van der Waals surface area contributed by atoms with Gasteiger partial charge >= 0.3 is 6.03 Å². The molecule has 0 saturated carbocycles. The number of carbonyl (C=O) groups is 2. The van der Waals surface area contributed by atoms with Crippen molar-refractivity contribution in [2.75, 3.05) is 19.6 Å². The van der Waals surface area contributed by atoms with Crippen LogP contribution in [0.2, 0.25) is 0 Å². The molecule has 2 atom stereocenters. The van der Waals surface area contributed by atoms with Crippen LogP contribution in [-0.4, -0.2) is 42.5 Å². The number of hydrogen-bond acceptors (Lipinski definition) is 2.